The summed E-state index contributed by atoms with van der Waals surface area (Å²) in [4.78, 5) is 0.233. The molecule has 0 aliphatic carbocycles. The third kappa shape index (κ3) is 5.58. The molecule has 0 spiro atoms. The number of nitriles is 1. The number of hydrogen-bond acceptors (Lipinski definition) is 4. The van der Waals surface area contributed by atoms with Crippen LogP contribution < -0.4 is 0 Å². The molecule has 0 saturated heterocycles. The zero-order valence-corrected chi connectivity index (χ0v) is 14.2. The highest BCUT2D eigenvalue weighted by atomic mass is 35.5. The van der Waals surface area contributed by atoms with Crippen molar-refractivity contribution in [3.63, 3.8) is 0 Å². The molecule has 0 aliphatic rings. The zero-order valence-electron chi connectivity index (χ0n) is 12.7. The fourth-order valence-electron chi connectivity index (χ4n) is 1.97. The summed E-state index contributed by atoms with van der Waals surface area (Å²) in [5.41, 5.74) is 1.06. The fraction of sp³-hybridized carbons (Fsp3) is 0.533. The molecule has 0 saturated carbocycles. The lowest BCUT2D eigenvalue weighted by molar-refractivity contribution is 0.179. The number of rotatable bonds is 10. The first-order chi connectivity index (χ1) is 10.6. The van der Waals surface area contributed by atoms with Crippen molar-refractivity contribution >= 4 is 21.6 Å². The first-order valence-corrected chi connectivity index (χ1v) is 9.04. The average molecular weight is 345 g/mol. The van der Waals surface area contributed by atoms with Crippen molar-refractivity contribution in [2.45, 2.75) is 24.2 Å². The van der Waals surface area contributed by atoms with Gasteiger partial charge in [0.1, 0.15) is 0 Å². The Morgan fingerprint density at radius 1 is 1.27 bits per heavy atom. The van der Waals surface area contributed by atoms with Crippen LogP contribution >= 0.6 is 11.6 Å². The number of alkyl halides is 1. The van der Waals surface area contributed by atoms with Gasteiger partial charge in [0.25, 0.3) is 0 Å². The van der Waals surface area contributed by atoms with E-state index in [0.717, 1.165) is 18.4 Å². The molecule has 0 aromatic heterocycles. The largest absolute Gasteiger partial charge is 0.383 e. The normalized spacial score (nSPS) is 11.5. The highest BCUT2D eigenvalue weighted by Crippen LogP contribution is 2.17. The van der Waals surface area contributed by atoms with Crippen LogP contribution in [0.5, 0.6) is 0 Å². The maximum atomic E-state index is 12.6. The Labute approximate surface area is 137 Å². The monoisotopic (exact) mass is 344 g/mol. The van der Waals surface area contributed by atoms with Crippen molar-refractivity contribution in [2.75, 3.05) is 32.7 Å². The second-order valence-electron chi connectivity index (χ2n) is 4.74. The first-order valence-electron chi connectivity index (χ1n) is 7.07. The molecule has 1 aromatic rings. The molecule has 0 fully saturated rings. The van der Waals surface area contributed by atoms with E-state index in [1.807, 2.05) is 6.07 Å². The molecule has 0 unspecified atom stereocenters. The lowest BCUT2D eigenvalue weighted by Crippen LogP contribution is -2.34. The topological polar surface area (TPSA) is 70.4 Å². The van der Waals surface area contributed by atoms with Gasteiger partial charge >= 0.3 is 0 Å². The van der Waals surface area contributed by atoms with E-state index in [9.17, 15) is 8.42 Å². The summed E-state index contributed by atoms with van der Waals surface area (Å²) in [5, 5.41) is 8.68. The Hall–Kier alpha value is -1.13. The molecule has 0 bridgehead atoms. The van der Waals surface area contributed by atoms with E-state index in [1.165, 1.54) is 11.4 Å². The van der Waals surface area contributed by atoms with Gasteiger partial charge in [-0.2, -0.15) is 9.57 Å². The Morgan fingerprint density at radius 3 is 2.50 bits per heavy atom. The predicted octanol–water partition coefficient (Wildman–Crippen LogP) is 2.41. The quantitative estimate of drug-likeness (QED) is 0.611. The van der Waals surface area contributed by atoms with Crippen LogP contribution in [-0.2, 0) is 21.2 Å². The van der Waals surface area contributed by atoms with Crippen LogP contribution in [0.1, 0.15) is 18.4 Å². The van der Waals surface area contributed by atoms with Crippen LogP contribution in [0.15, 0.2) is 29.2 Å². The number of benzene rings is 1. The van der Waals surface area contributed by atoms with E-state index in [1.54, 1.807) is 24.3 Å². The van der Waals surface area contributed by atoms with E-state index in [4.69, 9.17) is 21.6 Å². The smallest absolute Gasteiger partial charge is 0.243 e. The standard InChI is InChI=1S/C15H21ClN2O3S/c1-21-13-12-18(11-3-10-17)22(19,20)15-7-5-14(6-8-15)4-2-9-16/h5-8H,2-4,9,11-13H2,1H3. The van der Waals surface area contributed by atoms with Crippen LogP contribution in [0, 0.1) is 11.3 Å². The van der Waals surface area contributed by atoms with Gasteiger partial charge in [0, 0.05) is 32.5 Å². The predicted molar refractivity (Wildman–Crippen MR) is 86.3 cm³/mol. The summed E-state index contributed by atoms with van der Waals surface area (Å²) < 4.78 is 31.4. The van der Waals surface area contributed by atoms with Gasteiger partial charge < -0.3 is 4.74 Å². The molecule has 0 aliphatic heterocycles. The second-order valence-corrected chi connectivity index (χ2v) is 7.06. The van der Waals surface area contributed by atoms with Gasteiger partial charge in [-0.3, -0.25) is 0 Å². The van der Waals surface area contributed by atoms with Crippen molar-refractivity contribution < 1.29 is 13.2 Å². The minimum atomic E-state index is -3.61. The van der Waals surface area contributed by atoms with Gasteiger partial charge in [0.05, 0.1) is 17.6 Å². The minimum absolute atomic E-state index is 0.150. The van der Waals surface area contributed by atoms with E-state index in [0.29, 0.717) is 12.5 Å². The highest BCUT2D eigenvalue weighted by Gasteiger charge is 2.23. The molecule has 1 aromatic carbocycles. The zero-order chi connectivity index (χ0) is 16.4. The van der Waals surface area contributed by atoms with E-state index >= 15 is 0 Å². The van der Waals surface area contributed by atoms with Crippen LogP contribution in [0.4, 0.5) is 0 Å². The first kappa shape index (κ1) is 18.9. The lowest BCUT2D eigenvalue weighted by atomic mass is 10.1. The Kier molecular flexibility index (Phi) is 8.43. The molecule has 0 radical (unpaired) electrons. The van der Waals surface area contributed by atoms with Crippen molar-refractivity contribution in [3.8, 4) is 6.07 Å². The highest BCUT2D eigenvalue weighted by molar-refractivity contribution is 7.89. The van der Waals surface area contributed by atoms with Crippen LogP contribution in [-0.4, -0.2) is 45.4 Å². The van der Waals surface area contributed by atoms with Gasteiger partial charge in [-0.1, -0.05) is 12.1 Å². The summed E-state index contributed by atoms with van der Waals surface area (Å²) in [7, 11) is -2.09. The number of methoxy groups -OCH3 is 1. The second kappa shape index (κ2) is 9.80. The van der Waals surface area contributed by atoms with Crippen molar-refractivity contribution in [1.29, 1.82) is 5.26 Å². The third-order valence-corrected chi connectivity index (χ3v) is 5.36. The summed E-state index contributed by atoms with van der Waals surface area (Å²) >= 11 is 5.65. The van der Waals surface area contributed by atoms with Gasteiger partial charge in [0.2, 0.25) is 10.0 Å². The van der Waals surface area contributed by atoms with Gasteiger partial charge in [-0.25, -0.2) is 8.42 Å². The molecule has 7 heteroatoms. The maximum Gasteiger partial charge on any atom is 0.243 e. The lowest BCUT2D eigenvalue weighted by Gasteiger charge is -2.21. The minimum Gasteiger partial charge on any atom is -0.383 e. The van der Waals surface area contributed by atoms with E-state index in [-0.39, 0.29) is 24.4 Å². The molecule has 0 amide bonds. The fourth-order valence-corrected chi connectivity index (χ4v) is 3.53. The number of halogens is 1. The van der Waals surface area contributed by atoms with E-state index < -0.39 is 10.0 Å². The molecular weight excluding hydrogens is 324 g/mol. The Balaban J connectivity index is 2.90. The molecule has 0 atom stereocenters. The van der Waals surface area contributed by atoms with Gasteiger partial charge in [-0.15, -0.1) is 11.6 Å². The number of hydrogen-bond donors (Lipinski definition) is 0. The van der Waals surface area contributed by atoms with Gasteiger partial charge in [0.15, 0.2) is 0 Å². The Morgan fingerprint density at radius 2 is 1.95 bits per heavy atom. The molecule has 122 valence electrons. The summed E-state index contributed by atoms with van der Waals surface area (Å²) in [6, 6.07) is 8.78. The maximum absolute atomic E-state index is 12.6. The van der Waals surface area contributed by atoms with Crippen LogP contribution in [0.2, 0.25) is 0 Å². The molecule has 22 heavy (non-hydrogen) atoms. The number of aryl methyl sites for hydroxylation is 1. The summed E-state index contributed by atoms with van der Waals surface area (Å²) in [5.74, 6) is 0.582. The van der Waals surface area contributed by atoms with Crippen LogP contribution in [0.25, 0.3) is 0 Å². The molecule has 5 nitrogen and oxygen atoms in total. The SMILES string of the molecule is COCCN(CCC#N)S(=O)(=O)c1ccc(CCCCl)cc1. The van der Waals surface area contributed by atoms with Crippen LogP contribution in [0.3, 0.4) is 0 Å². The van der Waals surface area contributed by atoms with Crippen molar-refractivity contribution in [2.24, 2.45) is 0 Å². The number of nitrogens with zero attached hydrogens (tertiary/aromatic N) is 2. The third-order valence-electron chi connectivity index (χ3n) is 3.18. The molecule has 0 heterocycles. The Bertz CT molecular complexity index is 582. The molecule has 1 rings (SSSR count). The molecular formula is C15H21ClN2O3S. The van der Waals surface area contributed by atoms with Crippen molar-refractivity contribution in [1.82, 2.24) is 4.31 Å². The summed E-state index contributed by atoms with van der Waals surface area (Å²) in [6.07, 6.45) is 1.83. The number of sulfonamides is 1. The summed E-state index contributed by atoms with van der Waals surface area (Å²) in [6.45, 7) is 0.684. The van der Waals surface area contributed by atoms with E-state index in [2.05, 4.69) is 0 Å². The van der Waals surface area contributed by atoms with Crippen molar-refractivity contribution in [3.05, 3.63) is 29.8 Å². The number of ether oxygens (including phenoxy) is 1. The molecule has 0 N–H and O–H groups in total. The average Bonchev–Trinajstić information content (AvgIpc) is 2.53. The van der Waals surface area contributed by atoms with Gasteiger partial charge in [-0.05, 0) is 30.5 Å².